The standard InChI is InChI=1S/C16H29NO/c1-2-13-7-6-10-16(11-13,12-17)15(18)14-8-4-3-5-9-14/h3-4,13-15,18H,2,5-12,17H2,1H3. The summed E-state index contributed by atoms with van der Waals surface area (Å²) in [6.45, 7) is 2.93. The molecular weight excluding hydrogens is 222 g/mol. The lowest BCUT2D eigenvalue weighted by Crippen LogP contribution is -2.48. The van der Waals surface area contributed by atoms with Crippen LogP contribution >= 0.6 is 0 Å². The van der Waals surface area contributed by atoms with Crippen LogP contribution in [0.1, 0.15) is 58.3 Å². The van der Waals surface area contributed by atoms with E-state index >= 15 is 0 Å². The molecule has 4 unspecified atom stereocenters. The summed E-state index contributed by atoms with van der Waals surface area (Å²) in [6, 6.07) is 0. The molecule has 0 saturated heterocycles. The third-order valence-electron chi connectivity index (χ3n) is 5.35. The van der Waals surface area contributed by atoms with Crippen LogP contribution in [0.5, 0.6) is 0 Å². The maximum absolute atomic E-state index is 10.8. The Bertz CT molecular complexity index is 289. The third kappa shape index (κ3) is 2.80. The lowest BCUT2D eigenvalue weighted by molar-refractivity contribution is -0.0516. The minimum Gasteiger partial charge on any atom is -0.392 e. The molecule has 18 heavy (non-hydrogen) atoms. The van der Waals surface area contributed by atoms with Gasteiger partial charge in [0.2, 0.25) is 0 Å². The topological polar surface area (TPSA) is 46.2 Å². The molecule has 2 heteroatoms. The second-order valence-corrected chi connectivity index (χ2v) is 6.43. The van der Waals surface area contributed by atoms with Gasteiger partial charge in [-0.2, -0.15) is 0 Å². The fourth-order valence-electron chi connectivity index (χ4n) is 4.05. The van der Waals surface area contributed by atoms with Crippen LogP contribution in [0.25, 0.3) is 0 Å². The van der Waals surface area contributed by atoms with E-state index in [9.17, 15) is 5.11 Å². The van der Waals surface area contributed by atoms with Gasteiger partial charge >= 0.3 is 0 Å². The smallest absolute Gasteiger partial charge is 0.0639 e. The second kappa shape index (κ2) is 6.21. The molecular formula is C16H29NO. The van der Waals surface area contributed by atoms with Crippen LogP contribution in [0.4, 0.5) is 0 Å². The number of aliphatic hydroxyl groups is 1. The van der Waals surface area contributed by atoms with Gasteiger partial charge in [-0.05, 0) is 43.9 Å². The van der Waals surface area contributed by atoms with Crippen molar-refractivity contribution in [1.82, 2.24) is 0 Å². The first kappa shape index (κ1) is 14.1. The number of rotatable bonds is 4. The Hall–Kier alpha value is -0.340. The molecule has 0 aliphatic heterocycles. The van der Waals surface area contributed by atoms with Crippen molar-refractivity contribution in [2.24, 2.45) is 23.0 Å². The molecule has 2 rings (SSSR count). The zero-order chi connectivity index (χ0) is 13.0. The first-order chi connectivity index (χ1) is 8.72. The van der Waals surface area contributed by atoms with Gasteiger partial charge in [-0.25, -0.2) is 0 Å². The summed E-state index contributed by atoms with van der Waals surface area (Å²) in [7, 11) is 0. The van der Waals surface area contributed by atoms with E-state index in [-0.39, 0.29) is 11.5 Å². The van der Waals surface area contributed by atoms with E-state index in [4.69, 9.17) is 5.73 Å². The van der Waals surface area contributed by atoms with Crippen LogP contribution in [-0.2, 0) is 0 Å². The van der Waals surface area contributed by atoms with Gasteiger partial charge in [0.05, 0.1) is 6.10 Å². The fourth-order valence-corrected chi connectivity index (χ4v) is 4.05. The van der Waals surface area contributed by atoms with E-state index in [0.29, 0.717) is 12.5 Å². The molecule has 1 saturated carbocycles. The summed E-state index contributed by atoms with van der Waals surface area (Å²) >= 11 is 0. The first-order valence-electron chi connectivity index (χ1n) is 7.75. The monoisotopic (exact) mass is 251 g/mol. The molecule has 0 aromatic rings. The number of hydrogen-bond donors (Lipinski definition) is 2. The maximum atomic E-state index is 10.8. The lowest BCUT2D eigenvalue weighted by atomic mass is 9.62. The van der Waals surface area contributed by atoms with E-state index < -0.39 is 0 Å². The van der Waals surface area contributed by atoms with Crippen molar-refractivity contribution in [1.29, 1.82) is 0 Å². The number of hydrogen-bond acceptors (Lipinski definition) is 2. The van der Waals surface area contributed by atoms with Gasteiger partial charge in [0.1, 0.15) is 0 Å². The Morgan fingerprint density at radius 1 is 1.39 bits per heavy atom. The SMILES string of the molecule is CCC1CCCC(CN)(C(O)C2CC=CCC2)C1. The Morgan fingerprint density at radius 2 is 2.22 bits per heavy atom. The molecule has 3 N–H and O–H groups in total. The Kier molecular flexibility index (Phi) is 4.85. The van der Waals surface area contributed by atoms with Gasteiger partial charge in [-0.3, -0.25) is 0 Å². The van der Waals surface area contributed by atoms with Crippen LogP contribution in [0.3, 0.4) is 0 Å². The predicted molar refractivity (Wildman–Crippen MR) is 76.2 cm³/mol. The minimum absolute atomic E-state index is 0.00870. The Morgan fingerprint density at radius 3 is 2.83 bits per heavy atom. The molecule has 0 heterocycles. The lowest BCUT2D eigenvalue weighted by Gasteiger charge is -2.46. The highest BCUT2D eigenvalue weighted by atomic mass is 16.3. The van der Waals surface area contributed by atoms with Crippen LogP contribution in [0, 0.1) is 17.3 Å². The molecule has 0 bridgehead atoms. The summed E-state index contributed by atoms with van der Waals surface area (Å²) < 4.78 is 0. The molecule has 1 fully saturated rings. The minimum atomic E-state index is -0.193. The van der Waals surface area contributed by atoms with Crippen molar-refractivity contribution >= 4 is 0 Å². The third-order valence-corrected chi connectivity index (χ3v) is 5.35. The quantitative estimate of drug-likeness (QED) is 0.753. The van der Waals surface area contributed by atoms with Crippen LogP contribution in [-0.4, -0.2) is 17.8 Å². The summed E-state index contributed by atoms with van der Waals surface area (Å²) in [5, 5.41) is 10.8. The van der Waals surface area contributed by atoms with Crippen molar-refractivity contribution in [3.05, 3.63) is 12.2 Å². The van der Waals surface area contributed by atoms with Crippen LogP contribution < -0.4 is 5.73 Å². The van der Waals surface area contributed by atoms with Gasteiger partial charge in [-0.15, -0.1) is 0 Å². The van der Waals surface area contributed by atoms with E-state index in [2.05, 4.69) is 19.1 Å². The van der Waals surface area contributed by atoms with Crippen LogP contribution in [0.2, 0.25) is 0 Å². The highest BCUT2D eigenvalue weighted by molar-refractivity contribution is 5.00. The first-order valence-corrected chi connectivity index (χ1v) is 7.75. The highest BCUT2D eigenvalue weighted by Crippen LogP contribution is 2.46. The average molecular weight is 251 g/mol. The van der Waals surface area contributed by atoms with E-state index in [1.807, 2.05) is 0 Å². The van der Waals surface area contributed by atoms with Crippen molar-refractivity contribution in [3.8, 4) is 0 Å². The molecule has 2 nitrogen and oxygen atoms in total. The van der Waals surface area contributed by atoms with E-state index in [1.165, 1.54) is 19.3 Å². The maximum Gasteiger partial charge on any atom is 0.0639 e. The van der Waals surface area contributed by atoms with Crippen molar-refractivity contribution in [3.63, 3.8) is 0 Å². The van der Waals surface area contributed by atoms with Crippen LogP contribution in [0.15, 0.2) is 12.2 Å². The van der Waals surface area contributed by atoms with E-state index in [1.54, 1.807) is 0 Å². The van der Waals surface area contributed by atoms with E-state index in [0.717, 1.165) is 38.0 Å². The van der Waals surface area contributed by atoms with Gasteiger partial charge in [-0.1, -0.05) is 38.3 Å². The normalized spacial score (nSPS) is 38.6. The molecule has 2 aliphatic rings. The zero-order valence-corrected chi connectivity index (χ0v) is 11.8. The van der Waals surface area contributed by atoms with Crippen molar-refractivity contribution in [2.75, 3.05) is 6.54 Å². The summed E-state index contributed by atoms with van der Waals surface area (Å²) in [5.41, 5.74) is 6.09. The van der Waals surface area contributed by atoms with Gasteiger partial charge in [0.25, 0.3) is 0 Å². The molecule has 0 aromatic carbocycles. The second-order valence-electron chi connectivity index (χ2n) is 6.43. The number of allylic oxidation sites excluding steroid dienone is 2. The Labute approximate surface area is 112 Å². The fraction of sp³-hybridized carbons (Fsp3) is 0.875. The summed E-state index contributed by atoms with van der Waals surface area (Å²) in [6.07, 6.45) is 13.7. The summed E-state index contributed by atoms with van der Waals surface area (Å²) in [4.78, 5) is 0. The van der Waals surface area contributed by atoms with Gasteiger partial charge in [0, 0.05) is 12.0 Å². The van der Waals surface area contributed by atoms with Crippen molar-refractivity contribution in [2.45, 2.75) is 64.4 Å². The predicted octanol–water partition coefficient (Wildman–Crippen LogP) is 3.25. The zero-order valence-electron chi connectivity index (χ0n) is 11.8. The molecule has 0 spiro atoms. The largest absolute Gasteiger partial charge is 0.392 e. The van der Waals surface area contributed by atoms with Gasteiger partial charge in [0.15, 0.2) is 0 Å². The molecule has 4 atom stereocenters. The molecule has 0 amide bonds. The number of aliphatic hydroxyl groups excluding tert-OH is 1. The molecule has 2 aliphatic carbocycles. The summed E-state index contributed by atoms with van der Waals surface area (Å²) in [5.74, 6) is 1.21. The Balaban J connectivity index is 2.07. The highest BCUT2D eigenvalue weighted by Gasteiger charge is 2.43. The molecule has 0 radical (unpaired) electrons. The average Bonchev–Trinajstić information content (AvgIpc) is 2.47. The molecule has 104 valence electrons. The number of nitrogens with two attached hydrogens (primary N) is 1. The molecule has 0 aromatic heterocycles. The van der Waals surface area contributed by atoms with Gasteiger partial charge < -0.3 is 10.8 Å². The van der Waals surface area contributed by atoms with Crippen molar-refractivity contribution < 1.29 is 5.11 Å².